The number of fused-ring (bicyclic) bond motifs is 1. The topological polar surface area (TPSA) is 101 Å². The third-order valence-electron chi connectivity index (χ3n) is 6.39. The molecule has 3 aliphatic carbocycles. The summed E-state index contributed by atoms with van der Waals surface area (Å²) in [5.74, 6) is -2.84. The van der Waals surface area contributed by atoms with E-state index in [9.17, 15) is 24.6 Å². The number of rotatable bonds is 4. The van der Waals surface area contributed by atoms with Crippen molar-refractivity contribution in [3.05, 3.63) is 22.8 Å². The van der Waals surface area contributed by atoms with E-state index in [0.29, 0.717) is 24.0 Å². The van der Waals surface area contributed by atoms with Crippen LogP contribution in [-0.2, 0) is 19.1 Å². The van der Waals surface area contributed by atoms with Gasteiger partial charge in [-0.15, -0.1) is 11.6 Å². The fraction of sp³-hybridized carbons (Fsp3) is 0.632. The second-order valence-corrected chi connectivity index (χ2v) is 8.55. The maximum Gasteiger partial charge on any atom is 0.322 e. The Labute approximate surface area is 156 Å². The maximum atomic E-state index is 13.0. The Morgan fingerprint density at radius 1 is 1.38 bits per heavy atom. The predicted octanol–water partition coefficient (Wildman–Crippen LogP) is 2.23. The van der Waals surface area contributed by atoms with E-state index in [4.69, 9.17) is 16.3 Å². The predicted molar refractivity (Wildman–Crippen MR) is 93.6 cm³/mol. The van der Waals surface area contributed by atoms with Gasteiger partial charge in [0, 0.05) is 29.2 Å². The van der Waals surface area contributed by atoms with Crippen molar-refractivity contribution in [1.29, 1.82) is 0 Å². The van der Waals surface area contributed by atoms with Crippen molar-refractivity contribution in [3.63, 3.8) is 0 Å². The molecule has 3 unspecified atom stereocenters. The van der Waals surface area contributed by atoms with Crippen molar-refractivity contribution in [2.24, 2.45) is 16.7 Å². The van der Waals surface area contributed by atoms with Gasteiger partial charge in [-0.3, -0.25) is 14.4 Å². The SMILES string of the molecule is CC(=O)OCC1(C)C=C2C(=O)[C@](C)(O)C3(CC3)C(C)=C2C1C(Cl)C(=O)O. The molecule has 2 N–H and O–H groups in total. The second kappa shape index (κ2) is 5.67. The van der Waals surface area contributed by atoms with Crippen LogP contribution in [0.3, 0.4) is 0 Å². The Morgan fingerprint density at radius 3 is 2.42 bits per heavy atom. The number of aliphatic hydroxyl groups is 1. The van der Waals surface area contributed by atoms with Gasteiger partial charge in [-0.2, -0.15) is 0 Å². The first-order valence-corrected chi connectivity index (χ1v) is 9.04. The number of carbonyl (C=O) groups is 3. The molecule has 3 aliphatic rings. The van der Waals surface area contributed by atoms with E-state index in [-0.39, 0.29) is 6.61 Å². The van der Waals surface area contributed by atoms with E-state index in [1.54, 1.807) is 13.0 Å². The van der Waals surface area contributed by atoms with Crippen molar-refractivity contribution in [3.8, 4) is 0 Å². The largest absolute Gasteiger partial charge is 0.480 e. The number of hydrogen-bond donors (Lipinski definition) is 2. The minimum absolute atomic E-state index is 0.0911. The zero-order valence-corrected chi connectivity index (χ0v) is 16.0. The average Bonchev–Trinajstić information content (AvgIpc) is 3.30. The average molecular weight is 383 g/mol. The molecule has 0 aliphatic heterocycles. The highest BCUT2D eigenvalue weighted by molar-refractivity contribution is 6.30. The number of Topliss-reactive ketones (excluding diaryl/α,β-unsaturated/α-hetero) is 1. The molecule has 4 atom stereocenters. The Bertz CT molecular complexity index is 773. The van der Waals surface area contributed by atoms with E-state index in [2.05, 4.69) is 0 Å². The highest BCUT2D eigenvalue weighted by Crippen LogP contribution is 2.67. The van der Waals surface area contributed by atoms with Crippen molar-refractivity contribution in [2.45, 2.75) is 51.5 Å². The molecule has 142 valence electrons. The molecule has 0 heterocycles. The van der Waals surface area contributed by atoms with Crippen LogP contribution in [-0.4, -0.2) is 45.5 Å². The summed E-state index contributed by atoms with van der Waals surface area (Å²) in [5.41, 5.74) is -1.43. The summed E-state index contributed by atoms with van der Waals surface area (Å²) >= 11 is 6.26. The Hall–Kier alpha value is -1.66. The minimum atomic E-state index is -1.53. The molecule has 0 aromatic heterocycles. The van der Waals surface area contributed by atoms with Crippen LogP contribution in [0, 0.1) is 16.7 Å². The van der Waals surface area contributed by atoms with Crippen molar-refractivity contribution in [1.82, 2.24) is 0 Å². The number of ether oxygens (including phenoxy) is 1. The fourth-order valence-corrected chi connectivity index (χ4v) is 5.13. The molecule has 6 nitrogen and oxygen atoms in total. The van der Waals surface area contributed by atoms with Gasteiger partial charge in [-0.05, 0) is 32.3 Å². The lowest BCUT2D eigenvalue weighted by Crippen LogP contribution is -2.50. The van der Waals surface area contributed by atoms with Crippen LogP contribution < -0.4 is 0 Å². The molecule has 0 aromatic rings. The van der Waals surface area contributed by atoms with Crippen LogP contribution in [0.4, 0.5) is 0 Å². The molecule has 1 saturated carbocycles. The number of esters is 1. The number of hydrogen-bond acceptors (Lipinski definition) is 5. The van der Waals surface area contributed by atoms with E-state index in [1.807, 2.05) is 6.92 Å². The van der Waals surface area contributed by atoms with Crippen molar-refractivity contribution in [2.75, 3.05) is 6.61 Å². The number of ketones is 1. The van der Waals surface area contributed by atoms with Crippen LogP contribution in [0.5, 0.6) is 0 Å². The Balaban J connectivity index is 2.19. The lowest BCUT2D eigenvalue weighted by Gasteiger charge is -2.41. The summed E-state index contributed by atoms with van der Waals surface area (Å²) < 4.78 is 5.15. The highest BCUT2D eigenvalue weighted by Gasteiger charge is 2.67. The molecule has 1 spiro atoms. The molecule has 26 heavy (non-hydrogen) atoms. The van der Waals surface area contributed by atoms with Gasteiger partial charge < -0.3 is 14.9 Å². The zero-order chi connectivity index (χ0) is 19.7. The lowest BCUT2D eigenvalue weighted by molar-refractivity contribution is -0.144. The molecular formula is C19H23ClO6. The van der Waals surface area contributed by atoms with E-state index < -0.39 is 45.4 Å². The van der Waals surface area contributed by atoms with Gasteiger partial charge in [0.15, 0.2) is 5.78 Å². The van der Waals surface area contributed by atoms with Gasteiger partial charge in [-0.1, -0.05) is 18.6 Å². The number of allylic oxidation sites excluding steroid dienone is 1. The van der Waals surface area contributed by atoms with Gasteiger partial charge in [-0.25, -0.2) is 0 Å². The number of carboxylic acids is 1. The molecular weight excluding hydrogens is 360 g/mol. The molecule has 3 rings (SSSR count). The first-order valence-electron chi connectivity index (χ1n) is 8.61. The van der Waals surface area contributed by atoms with Gasteiger partial charge in [0.05, 0.1) is 0 Å². The summed E-state index contributed by atoms with van der Waals surface area (Å²) in [6, 6.07) is 0. The Morgan fingerprint density at radius 2 is 1.96 bits per heavy atom. The normalized spacial score (nSPS) is 35.8. The maximum absolute atomic E-state index is 13.0. The van der Waals surface area contributed by atoms with E-state index in [0.717, 1.165) is 5.57 Å². The molecule has 0 aromatic carbocycles. The zero-order valence-electron chi connectivity index (χ0n) is 15.3. The fourth-order valence-electron chi connectivity index (χ4n) is 4.72. The molecule has 1 fully saturated rings. The summed E-state index contributed by atoms with van der Waals surface area (Å²) in [6.07, 6.45) is 2.97. The standard InChI is InChI=1S/C19H23ClO6/c1-9-12-11(15(22)18(4,25)19(9)5-6-19)7-17(3,8-26-10(2)21)13(12)14(20)16(23)24/h7,13-14,25H,5-6,8H2,1-4H3,(H,23,24)/t13?,14?,17?,18-/m0/s1. The van der Waals surface area contributed by atoms with Crippen LogP contribution in [0.1, 0.15) is 40.5 Å². The van der Waals surface area contributed by atoms with E-state index >= 15 is 0 Å². The van der Waals surface area contributed by atoms with Gasteiger partial charge >= 0.3 is 11.9 Å². The smallest absolute Gasteiger partial charge is 0.322 e. The van der Waals surface area contributed by atoms with Gasteiger partial charge in [0.2, 0.25) is 0 Å². The molecule has 0 saturated heterocycles. The number of carbonyl (C=O) groups excluding carboxylic acids is 2. The first-order chi connectivity index (χ1) is 11.9. The summed E-state index contributed by atoms with van der Waals surface area (Å²) in [7, 11) is 0. The highest BCUT2D eigenvalue weighted by atomic mass is 35.5. The van der Waals surface area contributed by atoms with Gasteiger partial charge in [0.1, 0.15) is 17.6 Å². The lowest BCUT2D eigenvalue weighted by atomic mass is 9.65. The van der Waals surface area contributed by atoms with Crippen molar-refractivity contribution < 1.29 is 29.3 Å². The number of halogens is 1. The molecule has 0 bridgehead atoms. The molecule has 7 heteroatoms. The van der Waals surface area contributed by atoms with Gasteiger partial charge in [0.25, 0.3) is 0 Å². The summed E-state index contributed by atoms with van der Waals surface area (Å²) in [6.45, 7) is 6.27. The second-order valence-electron chi connectivity index (χ2n) is 8.08. The number of aliphatic carboxylic acids is 1. The molecule has 0 amide bonds. The summed E-state index contributed by atoms with van der Waals surface area (Å²) in [5, 5.41) is 19.1. The van der Waals surface area contributed by atoms with Crippen LogP contribution in [0.2, 0.25) is 0 Å². The third kappa shape index (κ3) is 2.38. The first kappa shape index (κ1) is 19.1. The van der Waals surface area contributed by atoms with Crippen molar-refractivity contribution >= 4 is 29.3 Å². The van der Waals surface area contributed by atoms with Crippen LogP contribution in [0.15, 0.2) is 22.8 Å². The number of alkyl halides is 1. The number of carboxylic acid groups (broad SMARTS) is 1. The van der Waals surface area contributed by atoms with Crippen LogP contribution >= 0.6 is 11.6 Å². The van der Waals surface area contributed by atoms with E-state index in [1.165, 1.54) is 13.8 Å². The molecule has 0 radical (unpaired) electrons. The Kier molecular flexibility index (Phi) is 4.17. The summed E-state index contributed by atoms with van der Waals surface area (Å²) in [4.78, 5) is 36.0. The third-order valence-corrected chi connectivity index (χ3v) is 6.83. The minimum Gasteiger partial charge on any atom is -0.480 e. The van der Waals surface area contributed by atoms with Crippen LogP contribution in [0.25, 0.3) is 0 Å². The monoisotopic (exact) mass is 382 g/mol. The quantitative estimate of drug-likeness (QED) is 0.571.